The van der Waals surface area contributed by atoms with E-state index < -0.39 is 0 Å². The molecule has 1 rings (SSSR count). The number of rotatable bonds is 2. The van der Waals surface area contributed by atoms with Gasteiger partial charge in [0.1, 0.15) is 0 Å². The second kappa shape index (κ2) is 6.41. The van der Waals surface area contributed by atoms with Crippen LogP contribution in [0.5, 0.6) is 0 Å². The summed E-state index contributed by atoms with van der Waals surface area (Å²) in [6.07, 6.45) is 0. The third-order valence-electron chi connectivity index (χ3n) is 1.47. The zero-order valence-corrected chi connectivity index (χ0v) is 13.9. The molecule has 15 heavy (non-hydrogen) atoms. The average Bonchev–Trinajstić information content (AvgIpc) is 2.20. The van der Waals surface area contributed by atoms with Crippen molar-refractivity contribution in [2.24, 2.45) is 0 Å². The topological polar surface area (TPSA) is 29.1 Å². The van der Waals surface area contributed by atoms with E-state index in [9.17, 15) is 4.79 Å². The summed E-state index contributed by atoms with van der Waals surface area (Å²) in [6, 6.07) is 6.97. The number of hydrogen-bond acceptors (Lipinski definition) is 1. The summed E-state index contributed by atoms with van der Waals surface area (Å²) in [5.41, 5.74) is 0.726. The Morgan fingerprint density at radius 1 is 1.27 bits per heavy atom. The van der Waals surface area contributed by atoms with Crippen LogP contribution in [0.1, 0.15) is 0 Å². The van der Waals surface area contributed by atoms with Crippen molar-refractivity contribution in [2.75, 3.05) is 5.32 Å². The highest BCUT2D eigenvalue weighted by Gasteiger charge is 2.09. The third kappa shape index (κ3) is 4.58. The van der Waals surface area contributed by atoms with Gasteiger partial charge < -0.3 is 5.32 Å². The van der Waals surface area contributed by atoms with Crippen LogP contribution in [0, 0.1) is 0 Å². The van der Waals surface area contributed by atoms with Crippen molar-refractivity contribution in [3.05, 3.63) is 35.4 Å². The zero-order chi connectivity index (χ0) is 11.4. The van der Waals surface area contributed by atoms with Gasteiger partial charge in [0, 0.05) is 10.7 Å². The molecule has 0 aliphatic rings. The number of amides is 1. The van der Waals surface area contributed by atoms with Gasteiger partial charge in [-0.05, 0) is 85.4 Å². The lowest BCUT2D eigenvalue weighted by molar-refractivity contribution is -0.112. The van der Waals surface area contributed by atoms with Crippen LogP contribution >= 0.6 is 72.7 Å². The summed E-state index contributed by atoms with van der Waals surface area (Å²) < 4.78 is 1.40. The molecule has 2 nitrogen and oxygen atoms in total. The number of carbonyl (C=O) groups is 1. The predicted octanol–water partition coefficient (Wildman–Crippen LogP) is 4.71. The average molecular weight is 512 g/mol. The molecule has 1 aromatic carbocycles. The second-order valence-electron chi connectivity index (χ2n) is 2.54. The van der Waals surface area contributed by atoms with Gasteiger partial charge in [-0.15, -0.1) is 0 Å². The molecule has 80 valence electrons. The maximum absolute atomic E-state index is 11.6. The van der Waals surface area contributed by atoms with Gasteiger partial charge in [-0.25, -0.2) is 0 Å². The Morgan fingerprint density at radius 2 is 1.80 bits per heavy atom. The Balaban J connectivity index is 2.75. The Bertz CT molecular complexity index is 401. The summed E-state index contributed by atoms with van der Waals surface area (Å²) in [4.78, 5) is 11.6. The number of benzene rings is 1. The summed E-state index contributed by atoms with van der Waals surface area (Å²) in [6.45, 7) is 0. The first-order valence-corrected chi connectivity index (χ1v) is 7.11. The van der Waals surface area contributed by atoms with Crippen LogP contribution in [0.2, 0.25) is 5.02 Å². The lowest BCUT2D eigenvalue weighted by atomic mass is 10.3. The molecule has 0 fully saturated rings. The second-order valence-corrected chi connectivity index (χ2v) is 7.40. The first kappa shape index (κ1) is 13.7. The minimum atomic E-state index is -0.140. The van der Waals surface area contributed by atoms with Crippen LogP contribution in [-0.4, -0.2) is 5.91 Å². The molecular weight excluding hydrogens is 507 g/mol. The van der Waals surface area contributed by atoms with Gasteiger partial charge in [-0.2, -0.15) is 0 Å². The van der Waals surface area contributed by atoms with Crippen molar-refractivity contribution in [1.29, 1.82) is 0 Å². The van der Waals surface area contributed by atoms with Gasteiger partial charge in [-0.1, -0.05) is 11.6 Å². The molecule has 6 heteroatoms. The van der Waals surface area contributed by atoms with E-state index >= 15 is 0 Å². The Morgan fingerprint density at radius 3 is 2.27 bits per heavy atom. The quantitative estimate of drug-likeness (QED) is 0.452. The molecule has 0 bridgehead atoms. The van der Waals surface area contributed by atoms with Gasteiger partial charge in [0.05, 0.1) is 6.07 Å². The molecule has 0 aromatic heterocycles. The van der Waals surface area contributed by atoms with E-state index in [4.69, 9.17) is 11.6 Å². The smallest absolute Gasteiger partial charge is 0.263 e. The molecular formula is C9H5BrClI2NO. The van der Waals surface area contributed by atoms with Gasteiger partial charge in [0.25, 0.3) is 5.91 Å². The number of carbonyl (C=O) groups excluding carboxylic acids is 1. The van der Waals surface area contributed by atoms with E-state index in [1.165, 1.54) is 0 Å². The molecule has 0 aliphatic carbocycles. The molecule has 0 saturated carbocycles. The summed E-state index contributed by atoms with van der Waals surface area (Å²) >= 11 is 13.0. The zero-order valence-electron chi connectivity index (χ0n) is 7.23. The summed E-state index contributed by atoms with van der Waals surface area (Å²) in [5.74, 6) is -0.140. The highest BCUT2D eigenvalue weighted by atomic mass is 127. The highest BCUT2D eigenvalue weighted by molar-refractivity contribution is 14.1. The Kier molecular flexibility index (Phi) is 5.86. The Hall–Kier alpha value is 0.660. The van der Waals surface area contributed by atoms with Crippen LogP contribution in [0.3, 0.4) is 0 Å². The Labute approximate surface area is 128 Å². The van der Waals surface area contributed by atoms with E-state index in [2.05, 4.69) is 21.2 Å². The van der Waals surface area contributed by atoms with Gasteiger partial charge in [0.2, 0.25) is 0 Å². The standard InChI is InChI=1S/C9H5BrClI2NO/c10-8(13)7(12)9(15)14-6-3-1-5(11)2-4-6/h1-4H,(H,14,15). The largest absolute Gasteiger partial charge is 0.322 e. The van der Waals surface area contributed by atoms with E-state index in [1.54, 1.807) is 24.3 Å². The highest BCUT2D eigenvalue weighted by Crippen LogP contribution is 2.26. The van der Waals surface area contributed by atoms with Gasteiger partial charge in [0.15, 0.2) is 0 Å². The van der Waals surface area contributed by atoms with Crippen molar-refractivity contribution in [2.45, 2.75) is 0 Å². The van der Waals surface area contributed by atoms with Gasteiger partial charge >= 0.3 is 0 Å². The monoisotopic (exact) mass is 511 g/mol. The van der Waals surface area contributed by atoms with Gasteiger partial charge in [-0.3, -0.25) is 4.79 Å². The molecule has 0 heterocycles. The van der Waals surface area contributed by atoms with Crippen LogP contribution in [0.15, 0.2) is 30.3 Å². The molecule has 0 saturated heterocycles. The molecule has 0 spiro atoms. The fraction of sp³-hybridized carbons (Fsp3) is 0. The van der Waals surface area contributed by atoms with Crippen molar-refractivity contribution in [1.82, 2.24) is 0 Å². The first-order chi connectivity index (χ1) is 7.00. The first-order valence-electron chi connectivity index (χ1n) is 3.78. The van der Waals surface area contributed by atoms with Crippen LogP contribution in [-0.2, 0) is 4.79 Å². The minimum absolute atomic E-state index is 0.140. The molecule has 0 radical (unpaired) electrons. The predicted molar refractivity (Wildman–Crippen MR) is 84.1 cm³/mol. The van der Waals surface area contributed by atoms with Crippen LogP contribution in [0.25, 0.3) is 0 Å². The van der Waals surface area contributed by atoms with Crippen molar-refractivity contribution in [3.63, 3.8) is 0 Å². The van der Waals surface area contributed by atoms with Crippen molar-refractivity contribution >= 4 is 84.3 Å². The summed E-state index contributed by atoms with van der Waals surface area (Å²) in [7, 11) is 0. The fourth-order valence-corrected chi connectivity index (χ4v) is 1.49. The van der Waals surface area contributed by atoms with E-state index in [0.717, 1.165) is 8.18 Å². The summed E-state index contributed by atoms with van der Waals surface area (Å²) in [5, 5.41) is 3.40. The lowest BCUT2D eigenvalue weighted by Crippen LogP contribution is -2.11. The molecule has 1 aromatic rings. The molecule has 0 unspecified atom stereocenters. The maximum Gasteiger partial charge on any atom is 0.263 e. The van der Waals surface area contributed by atoms with E-state index in [1.807, 2.05) is 45.2 Å². The van der Waals surface area contributed by atoms with Crippen molar-refractivity contribution < 1.29 is 4.79 Å². The lowest BCUT2D eigenvalue weighted by Gasteiger charge is -2.04. The fourth-order valence-electron chi connectivity index (χ4n) is 0.805. The van der Waals surface area contributed by atoms with Crippen molar-refractivity contribution in [3.8, 4) is 0 Å². The van der Waals surface area contributed by atoms with E-state index in [0.29, 0.717) is 8.60 Å². The van der Waals surface area contributed by atoms with E-state index in [-0.39, 0.29) is 5.91 Å². The number of hydrogen-bond donors (Lipinski definition) is 1. The molecule has 0 aliphatic heterocycles. The number of halogens is 4. The SMILES string of the molecule is O=C(Nc1ccc(Cl)cc1)C(I)=C(Br)I. The minimum Gasteiger partial charge on any atom is -0.322 e. The van der Waals surface area contributed by atoms with Crippen LogP contribution < -0.4 is 5.32 Å². The van der Waals surface area contributed by atoms with Crippen LogP contribution in [0.4, 0.5) is 5.69 Å². The number of anilines is 1. The number of nitrogens with one attached hydrogen (secondary N) is 1. The third-order valence-corrected chi connectivity index (χ3v) is 5.46. The molecule has 1 N–H and O–H groups in total. The molecule has 0 atom stereocenters. The maximum atomic E-state index is 11.6. The normalized spacial score (nSPS) is 12.0. The molecule has 1 amide bonds.